The first-order chi connectivity index (χ1) is 12.4. The van der Waals surface area contributed by atoms with Crippen molar-refractivity contribution >= 4 is 47.5 Å². The summed E-state index contributed by atoms with van der Waals surface area (Å²) < 4.78 is 5.14. The summed E-state index contributed by atoms with van der Waals surface area (Å²) in [5, 5.41) is 4.26. The van der Waals surface area contributed by atoms with Crippen LogP contribution in [0.5, 0.6) is 0 Å². The van der Waals surface area contributed by atoms with E-state index in [0.29, 0.717) is 6.61 Å². The van der Waals surface area contributed by atoms with Gasteiger partial charge in [-0.05, 0) is 31.4 Å². The molecule has 0 spiro atoms. The molecule has 2 rings (SSSR count). The molecule has 27 heavy (non-hydrogen) atoms. The Morgan fingerprint density at radius 3 is 2.52 bits per heavy atom. The van der Waals surface area contributed by atoms with Gasteiger partial charge in [0, 0.05) is 37.1 Å². The van der Waals surface area contributed by atoms with Crippen molar-refractivity contribution in [2.75, 3.05) is 33.3 Å². The molecule has 0 saturated carbocycles. The number of hydrogen-bond acceptors (Lipinski definition) is 3. The van der Waals surface area contributed by atoms with Crippen molar-refractivity contribution in [1.29, 1.82) is 0 Å². The number of halogens is 2. The van der Waals surface area contributed by atoms with Crippen molar-refractivity contribution in [3.05, 3.63) is 34.9 Å². The summed E-state index contributed by atoms with van der Waals surface area (Å²) in [6.07, 6.45) is 1.60. The summed E-state index contributed by atoms with van der Waals surface area (Å²) in [5.41, 5.74) is 0.989. The van der Waals surface area contributed by atoms with Gasteiger partial charge >= 0.3 is 5.97 Å². The van der Waals surface area contributed by atoms with Gasteiger partial charge in [-0.2, -0.15) is 0 Å². The number of hydrogen-bond donors (Lipinski definition) is 1. The van der Waals surface area contributed by atoms with Gasteiger partial charge in [-0.25, -0.2) is 0 Å². The average molecular weight is 508 g/mol. The largest absolute Gasteiger partial charge is 0.466 e. The fourth-order valence-corrected chi connectivity index (χ4v) is 3.72. The van der Waals surface area contributed by atoms with E-state index in [9.17, 15) is 4.79 Å². The van der Waals surface area contributed by atoms with Crippen LogP contribution in [0.15, 0.2) is 29.3 Å². The van der Waals surface area contributed by atoms with Gasteiger partial charge in [0.2, 0.25) is 0 Å². The lowest BCUT2D eigenvalue weighted by molar-refractivity contribution is -0.149. The Kier molecular flexibility index (Phi) is 9.87. The van der Waals surface area contributed by atoms with E-state index >= 15 is 0 Å². The van der Waals surface area contributed by atoms with E-state index in [1.807, 2.05) is 25.1 Å². The second kappa shape index (κ2) is 11.1. The number of nitrogens with one attached hydrogen (secondary N) is 1. The van der Waals surface area contributed by atoms with Crippen LogP contribution < -0.4 is 5.32 Å². The molecule has 1 heterocycles. The third-order valence-electron chi connectivity index (χ3n) is 4.92. The van der Waals surface area contributed by atoms with Gasteiger partial charge < -0.3 is 15.0 Å². The average Bonchev–Trinajstić information content (AvgIpc) is 2.63. The molecular formula is C20H31ClIN3O2. The summed E-state index contributed by atoms with van der Waals surface area (Å²) in [5.74, 6) is 0.797. The topological polar surface area (TPSA) is 53.9 Å². The zero-order chi connectivity index (χ0) is 19.2. The minimum Gasteiger partial charge on any atom is -0.466 e. The van der Waals surface area contributed by atoms with Crippen LogP contribution in [0.25, 0.3) is 0 Å². The molecule has 0 atom stereocenters. The Bertz CT molecular complexity index is 644. The molecule has 1 fully saturated rings. The first-order valence-electron chi connectivity index (χ1n) is 9.26. The number of guanidine groups is 1. The number of nitrogens with zero attached hydrogens (tertiary/aromatic N) is 2. The summed E-state index contributed by atoms with van der Waals surface area (Å²) in [7, 11) is 1.79. The molecule has 0 bridgehead atoms. The van der Waals surface area contributed by atoms with Gasteiger partial charge in [0.25, 0.3) is 0 Å². The highest BCUT2D eigenvalue weighted by Gasteiger charge is 2.29. The molecule has 7 heteroatoms. The van der Waals surface area contributed by atoms with E-state index in [-0.39, 0.29) is 41.3 Å². The minimum absolute atomic E-state index is 0. The van der Waals surface area contributed by atoms with Gasteiger partial charge in [0.15, 0.2) is 5.96 Å². The minimum atomic E-state index is -0.127. The molecular weight excluding hydrogens is 477 g/mol. The molecule has 1 saturated heterocycles. The van der Waals surface area contributed by atoms with Crippen LogP contribution in [0.2, 0.25) is 5.02 Å². The maximum Gasteiger partial charge on any atom is 0.309 e. The Labute approximate surface area is 184 Å². The fourth-order valence-electron chi connectivity index (χ4n) is 3.32. The van der Waals surface area contributed by atoms with Crippen molar-refractivity contribution in [3.8, 4) is 0 Å². The van der Waals surface area contributed by atoms with E-state index < -0.39 is 0 Å². The number of likely N-dealkylation sites (tertiary alicyclic amines) is 1. The Morgan fingerprint density at radius 1 is 1.33 bits per heavy atom. The monoisotopic (exact) mass is 507 g/mol. The highest BCUT2D eigenvalue weighted by molar-refractivity contribution is 14.0. The first-order valence-corrected chi connectivity index (χ1v) is 9.64. The van der Waals surface area contributed by atoms with Crippen LogP contribution in [0.1, 0.15) is 39.2 Å². The Hall–Kier alpha value is -1.02. The number of rotatable bonds is 5. The van der Waals surface area contributed by atoms with Crippen LogP contribution in [0.3, 0.4) is 0 Å². The van der Waals surface area contributed by atoms with Crippen LogP contribution in [-0.2, 0) is 14.9 Å². The van der Waals surface area contributed by atoms with E-state index in [2.05, 4.69) is 35.1 Å². The number of carbonyl (C=O) groups is 1. The highest BCUT2D eigenvalue weighted by atomic mass is 127. The van der Waals surface area contributed by atoms with Crippen molar-refractivity contribution in [2.24, 2.45) is 10.9 Å². The summed E-state index contributed by atoms with van der Waals surface area (Å²) in [6, 6.07) is 7.95. The van der Waals surface area contributed by atoms with Gasteiger partial charge in [0.05, 0.1) is 12.5 Å². The van der Waals surface area contributed by atoms with Crippen LogP contribution >= 0.6 is 35.6 Å². The third kappa shape index (κ3) is 6.52. The molecule has 0 radical (unpaired) electrons. The smallest absolute Gasteiger partial charge is 0.309 e. The zero-order valence-corrected chi connectivity index (χ0v) is 19.7. The number of esters is 1. The van der Waals surface area contributed by atoms with E-state index in [4.69, 9.17) is 16.3 Å². The number of aliphatic imine (C=N–C) groups is 1. The standard InChI is InChI=1S/C20H30ClN3O2.HI/c1-5-26-18(25)15-10-12-24(13-11-15)19(22-4)23-14-20(2,3)16-8-6-7-9-17(16)21;/h6-9,15H,5,10-14H2,1-4H3,(H,22,23);1H. The van der Waals surface area contributed by atoms with Gasteiger partial charge in [-0.15, -0.1) is 24.0 Å². The van der Waals surface area contributed by atoms with Gasteiger partial charge in [-0.1, -0.05) is 43.6 Å². The van der Waals surface area contributed by atoms with Crippen molar-refractivity contribution in [3.63, 3.8) is 0 Å². The molecule has 1 aromatic rings. The Balaban J connectivity index is 0.00000364. The van der Waals surface area contributed by atoms with Crippen molar-refractivity contribution in [1.82, 2.24) is 10.2 Å². The summed E-state index contributed by atoms with van der Waals surface area (Å²) in [6.45, 7) is 8.95. The van der Waals surface area contributed by atoms with Crippen molar-refractivity contribution < 1.29 is 9.53 Å². The van der Waals surface area contributed by atoms with Crippen LogP contribution in [0, 0.1) is 5.92 Å². The lowest BCUT2D eigenvalue weighted by Crippen LogP contribution is -2.49. The second-order valence-electron chi connectivity index (χ2n) is 7.28. The van der Waals surface area contributed by atoms with E-state index in [1.165, 1.54) is 0 Å². The summed E-state index contributed by atoms with van der Waals surface area (Å²) >= 11 is 6.37. The fraction of sp³-hybridized carbons (Fsp3) is 0.600. The molecule has 1 aliphatic heterocycles. The normalized spacial score (nSPS) is 15.9. The van der Waals surface area contributed by atoms with Crippen molar-refractivity contribution in [2.45, 2.75) is 39.0 Å². The molecule has 152 valence electrons. The number of carbonyl (C=O) groups excluding carboxylic acids is 1. The highest BCUT2D eigenvalue weighted by Crippen LogP contribution is 2.29. The van der Waals surface area contributed by atoms with Gasteiger partial charge in [-0.3, -0.25) is 9.79 Å². The molecule has 0 unspecified atom stereocenters. The maximum absolute atomic E-state index is 11.9. The molecule has 5 nitrogen and oxygen atoms in total. The molecule has 1 N–H and O–H groups in total. The first kappa shape index (κ1) is 24.0. The predicted molar refractivity (Wildman–Crippen MR) is 122 cm³/mol. The second-order valence-corrected chi connectivity index (χ2v) is 7.69. The lowest BCUT2D eigenvalue weighted by Gasteiger charge is -2.35. The quantitative estimate of drug-likeness (QED) is 0.282. The number of benzene rings is 1. The lowest BCUT2D eigenvalue weighted by atomic mass is 9.84. The molecule has 0 amide bonds. The predicted octanol–water partition coefficient (Wildman–Crippen LogP) is 4.09. The number of ether oxygens (including phenoxy) is 1. The SMILES string of the molecule is CCOC(=O)C1CCN(C(=NC)NCC(C)(C)c2ccccc2Cl)CC1.I. The molecule has 0 aliphatic carbocycles. The molecule has 1 aliphatic rings. The number of piperidine rings is 1. The van der Waals surface area contributed by atoms with Gasteiger partial charge in [0.1, 0.15) is 0 Å². The van der Waals surface area contributed by atoms with E-state index in [0.717, 1.165) is 49.0 Å². The Morgan fingerprint density at radius 2 is 1.96 bits per heavy atom. The van der Waals surface area contributed by atoms with Crippen LogP contribution in [-0.4, -0.2) is 50.1 Å². The zero-order valence-electron chi connectivity index (χ0n) is 16.6. The van der Waals surface area contributed by atoms with Crippen LogP contribution in [0.4, 0.5) is 0 Å². The molecule has 1 aromatic carbocycles. The van der Waals surface area contributed by atoms with E-state index in [1.54, 1.807) is 7.05 Å². The maximum atomic E-state index is 11.9. The molecule has 0 aromatic heterocycles. The third-order valence-corrected chi connectivity index (χ3v) is 5.25. The summed E-state index contributed by atoms with van der Waals surface area (Å²) in [4.78, 5) is 18.5.